The average molecular weight is 339 g/mol. The fourth-order valence-corrected chi connectivity index (χ4v) is 3.42. The lowest BCUT2D eigenvalue weighted by Crippen LogP contribution is -1.97. The van der Waals surface area contributed by atoms with Crippen LogP contribution in [0.25, 0.3) is 38.5 Å². The zero-order valence-corrected chi connectivity index (χ0v) is 13.8. The van der Waals surface area contributed by atoms with Crippen LogP contribution in [0.1, 0.15) is 0 Å². The number of fused-ring (bicyclic) bond motifs is 3. The molecule has 5 aromatic rings. The van der Waals surface area contributed by atoms with Crippen LogP contribution in [0.2, 0.25) is 0 Å². The second-order valence-corrected chi connectivity index (χ2v) is 6.18. The van der Waals surface area contributed by atoms with Crippen LogP contribution in [0.15, 0.2) is 85.3 Å². The van der Waals surface area contributed by atoms with Gasteiger partial charge in [-0.15, -0.1) is 0 Å². The third-order valence-electron chi connectivity index (χ3n) is 4.62. The fourth-order valence-electron chi connectivity index (χ4n) is 3.42. The van der Waals surface area contributed by atoms with E-state index in [2.05, 4.69) is 28.3 Å². The number of halogens is 1. The van der Waals surface area contributed by atoms with Crippen molar-refractivity contribution in [2.45, 2.75) is 0 Å². The average Bonchev–Trinajstić information content (AvgIpc) is 3.13. The third-order valence-corrected chi connectivity index (χ3v) is 4.62. The van der Waals surface area contributed by atoms with Crippen molar-refractivity contribution < 1.29 is 4.39 Å². The van der Waals surface area contributed by atoms with E-state index in [9.17, 15) is 4.39 Å². The van der Waals surface area contributed by atoms with Gasteiger partial charge in [-0.25, -0.2) is 9.07 Å². The highest BCUT2D eigenvalue weighted by atomic mass is 19.1. The molecule has 5 rings (SSSR count). The van der Waals surface area contributed by atoms with Crippen LogP contribution in [0.5, 0.6) is 0 Å². The predicted octanol–water partition coefficient (Wildman–Crippen LogP) is 5.38. The SMILES string of the molecule is Fc1ccc(-n2ncc3cc(-c4ccccc4)c4cnccc4c32)cc1. The Morgan fingerprint density at radius 1 is 0.808 bits per heavy atom. The molecule has 0 saturated heterocycles. The first-order chi connectivity index (χ1) is 12.8. The molecule has 0 bridgehead atoms. The van der Waals surface area contributed by atoms with E-state index in [1.807, 2.05) is 41.3 Å². The smallest absolute Gasteiger partial charge is 0.123 e. The molecule has 26 heavy (non-hydrogen) atoms. The van der Waals surface area contributed by atoms with Crippen LogP contribution in [0.4, 0.5) is 4.39 Å². The lowest BCUT2D eigenvalue weighted by molar-refractivity contribution is 0.627. The Morgan fingerprint density at radius 2 is 1.62 bits per heavy atom. The Hall–Kier alpha value is -3.53. The first kappa shape index (κ1) is 14.8. The van der Waals surface area contributed by atoms with Crippen molar-refractivity contribution in [1.82, 2.24) is 14.8 Å². The molecule has 0 unspecified atom stereocenters. The standard InChI is InChI=1S/C22H14FN3/c23-17-6-8-18(9-7-17)26-22-16(13-25-26)12-20(15-4-2-1-3-5-15)21-14-24-11-10-19(21)22/h1-14H. The minimum absolute atomic E-state index is 0.259. The molecule has 2 heterocycles. The van der Waals surface area contributed by atoms with Gasteiger partial charge in [0.05, 0.1) is 17.4 Å². The highest BCUT2D eigenvalue weighted by Gasteiger charge is 2.13. The maximum Gasteiger partial charge on any atom is 0.123 e. The summed E-state index contributed by atoms with van der Waals surface area (Å²) in [5.41, 5.74) is 4.09. The molecule has 3 aromatic carbocycles. The summed E-state index contributed by atoms with van der Waals surface area (Å²) in [5.74, 6) is -0.259. The number of pyridine rings is 1. The Labute approximate surface area is 149 Å². The van der Waals surface area contributed by atoms with Gasteiger partial charge < -0.3 is 0 Å². The van der Waals surface area contributed by atoms with E-state index >= 15 is 0 Å². The van der Waals surface area contributed by atoms with Gasteiger partial charge in [-0.2, -0.15) is 5.10 Å². The van der Waals surface area contributed by atoms with Gasteiger partial charge in [-0.05, 0) is 47.5 Å². The summed E-state index contributed by atoms with van der Waals surface area (Å²) in [4.78, 5) is 4.32. The molecule has 0 spiro atoms. The van der Waals surface area contributed by atoms with Crippen LogP contribution in [0, 0.1) is 5.82 Å². The summed E-state index contributed by atoms with van der Waals surface area (Å²) < 4.78 is 15.2. The Balaban J connectivity index is 1.86. The van der Waals surface area contributed by atoms with Crippen molar-refractivity contribution in [3.8, 4) is 16.8 Å². The molecular formula is C22H14FN3. The van der Waals surface area contributed by atoms with Gasteiger partial charge >= 0.3 is 0 Å². The van der Waals surface area contributed by atoms with Crippen molar-refractivity contribution in [3.63, 3.8) is 0 Å². The summed E-state index contributed by atoms with van der Waals surface area (Å²) in [6.45, 7) is 0. The molecule has 0 atom stereocenters. The van der Waals surface area contributed by atoms with Crippen LogP contribution in [-0.2, 0) is 0 Å². The monoisotopic (exact) mass is 339 g/mol. The lowest BCUT2D eigenvalue weighted by atomic mass is 9.97. The molecule has 2 aromatic heterocycles. The van der Waals surface area contributed by atoms with E-state index in [4.69, 9.17) is 0 Å². The van der Waals surface area contributed by atoms with Gasteiger partial charge in [-0.1, -0.05) is 30.3 Å². The highest BCUT2D eigenvalue weighted by molar-refractivity contribution is 6.12. The van der Waals surface area contributed by atoms with Crippen LogP contribution >= 0.6 is 0 Å². The van der Waals surface area contributed by atoms with Crippen LogP contribution < -0.4 is 0 Å². The topological polar surface area (TPSA) is 30.7 Å². The van der Waals surface area contributed by atoms with E-state index < -0.39 is 0 Å². The molecule has 0 radical (unpaired) electrons. The Morgan fingerprint density at radius 3 is 2.42 bits per heavy atom. The normalized spacial score (nSPS) is 11.3. The largest absolute Gasteiger partial charge is 0.264 e. The number of aromatic nitrogens is 3. The summed E-state index contributed by atoms with van der Waals surface area (Å²) in [5, 5.41) is 7.72. The number of benzene rings is 3. The Bertz CT molecular complexity index is 1230. The summed E-state index contributed by atoms with van der Waals surface area (Å²) >= 11 is 0. The molecular weight excluding hydrogens is 325 g/mol. The fraction of sp³-hybridized carbons (Fsp3) is 0. The second kappa shape index (κ2) is 5.77. The van der Waals surface area contributed by atoms with E-state index in [1.165, 1.54) is 12.1 Å². The summed E-state index contributed by atoms with van der Waals surface area (Å²) in [6.07, 6.45) is 5.53. The molecule has 0 N–H and O–H groups in total. The van der Waals surface area contributed by atoms with Crippen LogP contribution in [-0.4, -0.2) is 14.8 Å². The minimum atomic E-state index is -0.259. The lowest BCUT2D eigenvalue weighted by Gasteiger charge is -2.10. The van der Waals surface area contributed by atoms with Gasteiger partial charge in [-0.3, -0.25) is 4.98 Å². The first-order valence-corrected chi connectivity index (χ1v) is 8.37. The second-order valence-electron chi connectivity index (χ2n) is 6.18. The van der Waals surface area contributed by atoms with Crippen molar-refractivity contribution in [3.05, 3.63) is 91.1 Å². The third kappa shape index (κ3) is 2.27. The molecule has 0 aliphatic heterocycles. The highest BCUT2D eigenvalue weighted by Crippen LogP contribution is 2.35. The number of nitrogens with zero attached hydrogens (tertiary/aromatic N) is 3. The molecule has 0 aliphatic carbocycles. The van der Waals surface area contributed by atoms with Gasteiger partial charge in [0, 0.05) is 28.6 Å². The summed E-state index contributed by atoms with van der Waals surface area (Å²) in [7, 11) is 0. The minimum Gasteiger partial charge on any atom is -0.264 e. The van der Waals surface area contributed by atoms with E-state index in [0.29, 0.717) is 0 Å². The maximum absolute atomic E-state index is 13.3. The van der Waals surface area contributed by atoms with E-state index in [-0.39, 0.29) is 5.82 Å². The van der Waals surface area contributed by atoms with Gasteiger partial charge in [0.15, 0.2) is 0 Å². The van der Waals surface area contributed by atoms with Crippen molar-refractivity contribution in [2.24, 2.45) is 0 Å². The number of hydrogen-bond donors (Lipinski definition) is 0. The molecule has 3 nitrogen and oxygen atoms in total. The van der Waals surface area contributed by atoms with Crippen molar-refractivity contribution >= 4 is 21.7 Å². The maximum atomic E-state index is 13.3. The number of hydrogen-bond acceptors (Lipinski definition) is 2. The molecule has 0 saturated carbocycles. The first-order valence-electron chi connectivity index (χ1n) is 8.37. The zero-order valence-electron chi connectivity index (χ0n) is 13.8. The van der Waals surface area contributed by atoms with Crippen molar-refractivity contribution in [2.75, 3.05) is 0 Å². The zero-order chi connectivity index (χ0) is 17.5. The molecule has 124 valence electrons. The van der Waals surface area contributed by atoms with Gasteiger partial charge in [0.2, 0.25) is 0 Å². The quantitative estimate of drug-likeness (QED) is 0.432. The van der Waals surface area contributed by atoms with Crippen molar-refractivity contribution in [1.29, 1.82) is 0 Å². The molecule has 0 fully saturated rings. The summed E-state index contributed by atoms with van der Waals surface area (Å²) in [6, 6.07) is 20.8. The predicted molar refractivity (Wildman–Crippen MR) is 102 cm³/mol. The number of rotatable bonds is 2. The molecule has 4 heteroatoms. The molecule has 0 aliphatic rings. The Kier molecular flexibility index (Phi) is 3.28. The van der Waals surface area contributed by atoms with E-state index in [0.717, 1.165) is 38.5 Å². The van der Waals surface area contributed by atoms with Gasteiger partial charge in [0.1, 0.15) is 5.82 Å². The molecule has 0 amide bonds. The van der Waals surface area contributed by atoms with Gasteiger partial charge in [0.25, 0.3) is 0 Å². The van der Waals surface area contributed by atoms with Crippen LogP contribution in [0.3, 0.4) is 0 Å². The van der Waals surface area contributed by atoms with E-state index in [1.54, 1.807) is 18.3 Å².